The van der Waals surface area contributed by atoms with Crippen molar-refractivity contribution in [3.8, 4) is 0 Å². The van der Waals surface area contributed by atoms with E-state index in [2.05, 4.69) is 57.2 Å². The molecule has 0 aromatic carbocycles. The maximum atomic E-state index is 12.9. The van der Waals surface area contributed by atoms with E-state index in [-0.39, 0.29) is 31.1 Å². The number of ether oxygens (including phenoxy) is 3. The first kappa shape index (κ1) is 69.1. The average molecular weight is 1010 g/mol. The molecule has 6 nitrogen and oxygen atoms in total. The Morgan fingerprint density at radius 2 is 0.534 bits per heavy atom. The molecule has 0 aliphatic rings. The summed E-state index contributed by atoms with van der Waals surface area (Å²) < 4.78 is 16.9. The molecular weight excluding hydrogens is 901 g/mol. The molecule has 416 valence electrons. The summed E-state index contributed by atoms with van der Waals surface area (Å²) in [6, 6.07) is 0. The Hall–Kier alpha value is -3.93. The van der Waals surface area contributed by atoms with E-state index in [1.54, 1.807) is 0 Å². The lowest BCUT2D eigenvalue weighted by Crippen LogP contribution is -2.30. The van der Waals surface area contributed by atoms with Crippen LogP contribution in [-0.2, 0) is 28.6 Å². The quantitative estimate of drug-likeness (QED) is 0.0261. The molecule has 0 spiro atoms. The Morgan fingerprint density at radius 3 is 0.863 bits per heavy atom. The number of hydrogen-bond acceptors (Lipinski definition) is 6. The lowest BCUT2D eigenvalue weighted by molar-refractivity contribution is -0.167. The summed E-state index contributed by atoms with van der Waals surface area (Å²) in [6.45, 7) is 6.46. The predicted molar refractivity (Wildman–Crippen MR) is 316 cm³/mol. The molecule has 0 N–H and O–H groups in total. The highest BCUT2D eigenvalue weighted by atomic mass is 16.6. The highest BCUT2D eigenvalue weighted by Gasteiger charge is 2.19. The van der Waals surface area contributed by atoms with Gasteiger partial charge in [0.2, 0.25) is 0 Å². The lowest BCUT2D eigenvalue weighted by Gasteiger charge is -2.18. The number of carbonyl (C=O) groups is 3. The second-order valence-electron chi connectivity index (χ2n) is 20.1. The van der Waals surface area contributed by atoms with Gasteiger partial charge in [-0.15, -0.1) is 0 Å². The van der Waals surface area contributed by atoms with Gasteiger partial charge in [0.15, 0.2) is 6.10 Å². The monoisotopic (exact) mass is 1010 g/mol. The Labute approximate surface area is 450 Å². The minimum absolute atomic E-state index is 0.0986. The van der Waals surface area contributed by atoms with Gasteiger partial charge in [-0.05, 0) is 64.2 Å². The van der Waals surface area contributed by atoms with Crippen molar-refractivity contribution in [2.75, 3.05) is 13.2 Å². The van der Waals surface area contributed by atoms with Gasteiger partial charge >= 0.3 is 17.9 Å². The first-order valence-corrected chi connectivity index (χ1v) is 30.5. The van der Waals surface area contributed by atoms with E-state index in [0.29, 0.717) is 19.3 Å². The van der Waals surface area contributed by atoms with Gasteiger partial charge in [0.05, 0.1) is 0 Å². The molecule has 0 radical (unpaired) electrons. The van der Waals surface area contributed by atoms with Crippen molar-refractivity contribution in [2.24, 2.45) is 0 Å². The Morgan fingerprint density at radius 1 is 0.288 bits per heavy atom. The van der Waals surface area contributed by atoms with Crippen molar-refractivity contribution in [3.63, 3.8) is 0 Å². The normalized spacial score (nSPS) is 12.9. The summed E-state index contributed by atoms with van der Waals surface area (Å²) in [6.07, 6.45) is 82.2. The zero-order chi connectivity index (χ0) is 52.9. The maximum Gasteiger partial charge on any atom is 0.306 e. The zero-order valence-electron chi connectivity index (χ0n) is 47.6. The van der Waals surface area contributed by atoms with Crippen LogP contribution in [0.5, 0.6) is 0 Å². The lowest BCUT2D eigenvalue weighted by atomic mass is 10.0. The van der Waals surface area contributed by atoms with Crippen molar-refractivity contribution in [2.45, 2.75) is 284 Å². The Kier molecular flexibility index (Phi) is 57.4. The van der Waals surface area contributed by atoms with Gasteiger partial charge in [0, 0.05) is 19.3 Å². The molecule has 1 unspecified atom stereocenters. The van der Waals surface area contributed by atoms with Crippen molar-refractivity contribution < 1.29 is 28.6 Å². The highest BCUT2D eigenvalue weighted by Crippen LogP contribution is 2.16. The molecule has 0 aromatic heterocycles. The number of esters is 3. The van der Waals surface area contributed by atoms with E-state index in [9.17, 15) is 14.4 Å². The molecule has 1 atom stereocenters. The molecule has 0 rings (SSSR count). The van der Waals surface area contributed by atoms with Crippen LogP contribution in [0.4, 0.5) is 0 Å². The molecule has 0 heterocycles. The minimum Gasteiger partial charge on any atom is -0.462 e. The zero-order valence-corrected chi connectivity index (χ0v) is 47.6. The Bertz CT molecular complexity index is 1490. The van der Waals surface area contributed by atoms with Gasteiger partial charge in [-0.25, -0.2) is 0 Å². The van der Waals surface area contributed by atoms with E-state index < -0.39 is 6.10 Å². The largest absolute Gasteiger partial charge is 0.462 e. The van der Waals surface area contributed by atoms with E-state index in [1.165, 1.54) is 148 Å². The van der Waals surface area contributed by atoms with Gasteiger partial charge < -0.3 is 14.2 Å². The Balaban J connectivity index is 4.50. The van der Waals surface area contributed by atoms with E-state index in [4.69, 9.17) is 14.2 Å². The number of allylic oxidation sites excluding steroid dienone is 18. The fraction of sp³-hybridized carbons (Fsp3) is 0.687. The molecule has 73 heavy (non-hydrogen) atoms. The molecule has 0 fully saturated rings. The van der Waals surface area contributed by atoms with Crippen LogP contribution >= 0.6 is 0 Å². The molecule has 0 aliphatic carbocycles. The third kappa shape index (κ3) is 58.8. The average Bonchev–Trinajstić information content (AvgIpc) is 3.39. The van der Waals surface area contributed by atoms with Gasteiger partial charge in [-0.2, -0.15) is 0 Å². The molecule has 0 amide bonds. The summed E-state index contributed by atoms with van der Waals surface area (Å²) in [4.78, 5) is 38.3. The summed E-state index contributed by atoms with van der Waals surface area (Å²) in [5.41, 5.74) is 0. The van der Waals surface area contributed by atoms with Gasteiger partial charge in [-0.1, -0.05) is 304 Å². The number of unbranched alkanes of at least 4 members (excludes halogenated alkanes) is 32. The van der Waals surface area contributed by atoms with Crippen LogP contribution in [0.3, 0.4) is 0 Å². The van der Waals surface area contributed by atoms with Crippen LogP contribution in [0.25, 0.3) is 0 Å². The van der Waals surface area contributed by atoms with Crippen molar-refractivity contribution in [3.05, 3.63) is 109 Å². The molecular formula is C67H112O6. The van der Waals surface area contributed by atoms with Crippen molar-refractivity contribution >= 4 is 17.9 Å². The van der Waals surface area contributed by atoms with Gasteiger partial charge in [0.1, 0.15) is 13.2 Å². The number of rotatable bonds is 54. The molecule has 6 heteroatoms. The SMILES string of the molecule is CC\C=C/C=C\C=C/C=C\C=C\C=C/C=C\CCCCCC(=O)OCC(COC(=O)CCCCCCCCCCCCCCCCCCCC)OC(=O)CCCCCCC/C=C\C=C/CCCCCCCCC. The molecule has 0 saturated heterocycles. The minimum atomic E-state index is -0.807. The number of hydrogen-bond donors (Lipinski definition) is 0. The van der Waals surface area contributed by atoms with Crippen molar-refractivity contribution in [1.29, 1.82) is 0 Å². The number of carbonyl (C=O) groups excluding carboxylic acids is 3. The summed E-state index contributed by atoms with van der Waals surface area (Å²) in [5, 5.41) is 0. The predicted octanol–water partition coefficient (Wildman–Crippen LogP) is 20.7. The van der Waals surface area contributed by atoms with E-state index in [1.807, 2.05) is 72.9 Å². The van der Waals surface area contributed by atoms with Crippen LogP contribution in [0.15, 0.2) is 109 Å². The van der Waals surface area contributed by atoms with Gasteiger partial charge in [0.25, 0.3) is 0 Å². The van der Waals surface area contributed by atoms with E-state index >= 15 is 0 Å². The topological polar surface area (TPSA) is 78.9 Å². The van der Waals surface area contributed by atoms with Crippen molar-refractivity contribution in [1.82, 2.24) is 0 Å². The van der Waals surface area contributed by atoms with E-state index in [0.717, 1.165) is 89.9 Å². The summed E-state index contributed by atoms with van der Waals surface area (Å²) in [5.74, 6) is -0.953. The second-order valence-corrected chi connectivity index (χ2v) is 20.1. The third-order valence-corrected chi connectivity index (χ3v) is 13.0. The third-order valence-electron chi connectivity index (χ3n) is 13.0. The summed E-state index contributed by atoms with van der Waals surface area (Å²) >= 11 is 0. The molecule has 0 saturated carbocycles. The standard InChI is InChI=1S/C67H112O6/c1-4-7-10-13-16-19-22-25-28-31-34-37-39-42-45-48-51-54-57-60-66(69)72-63-64(73-67(70)61-58-55-52-49-46-43-40-36-33-30-27-24-21-18-15-12-9-6-3)62-71-65(68)59-56-53-50-47-44-41-38-35-32-29-26-23-20-17-14-11-8-5-2/h7,10,13,16,19,22,25,28,30-31,33-34,36-37,39-40,42,45,64H,4-6,8-9,11-12,14-15,17-18,20-21,23-24,26-27,29,32,35,38,41,43-44,46-63H2,1-3H3/b10-7-,16-13-,22-19-,28-25-,33-30-,34-31+,39-37-,40-36-,45-42-. The molecule has 0 aromatic rings. The van der Waals surface area contributed by atoms with Crippen LogP contribution in [0.2, 0.25) is 0 Å². The first-order chi connectivity index (χ1) is 36.0. The fourth-order valence-electron chi connectivity index (χ4n) is 8.42. The van der Waals surface area contributed by atoms with Crippen LogP contribution in [0.1, 0.15) is 278 Å². The van der Waals surface area contributed by atoms with Crippen LogP contribution in [0, 0.1) is 0 Å². The highest BCUT2D eigenvalue weighted by molar-refractivity contribution is 5.71. The second kappa shape index (κ2) is 60.6. The summed E-state index contributed by atoms with van der Waals surface area (Å²) in [7, 11) is 0. The maximum absolute atomic E-state index is 12.9. The first-order valence-electron chi connectivity index (χ1n) is 30.5. The van der Waals surface area contributed by atoms with Crippen LogP contribution < -0.4 is 0 Å². The van der Waals surface area contributed by atoms with Crippen LogP contribution in [-0.4, -0.2) is 37.2 Å². The van der Waals surface area contributed by atoms with Gasteiger partial charge in [-0.3, -0.25) is 14.4 Å². The fourth-order valence-corrected chi connectivity index (χ4v) is 8.42. The smallest absolute Gasteiger partial charge is 0.306 e. The molecule has 0 bridgehead atoms. The molecule has 0 aliphatic heterocycles.